The standard InChI is InChI=1S/C30H28N4O2/c1-4-16-36-28-15-12-23(17-22(28)3)29-25(20-34(33-29)27-8-6-5-7-9-27)18-24(19-31)30(35)32-26-13-10-21(2)11-14-26/h5-15,17-18,20H,4,16H2,1-3H3,(H,32,35). The molecule has 0 bridgehead atoms. The lowest BCUT2D eigenvalue weighted by atomic mass is 10.0. The second-order valence-corrected chi connectivity index (χ2v) is 8.53. The van der Waals surface area contributed by atoms with Gasteiger partial charge in [-0.2, -0.15) is 10.4 Å². The summed E-state index contributed by atoms with van der Waals surface area (Å²) in [7, 11) is 0. The molecule has 0 spiro atoms. The van der Waals surface area contributed by atoms with Crippen molar-refractivity contribution in [3.05, 3.63) is 101 Å². The number of aromatic nitrogens is 2. The number of amides is 1. The second-order valence-electron chi connectivity index (χ2n) is 8.53. The average molecular weight is 477 g/mol. The van der Waals surface area contributed by atoms with Crippen molar-refractivity contribution in [1.29, 1.82) is 5.26 Å². The van der Waals surface area contributed by atoms with E-state index in [0.29, 0.717) is 23.6 Å². The molecular weight excluding hydrogens is 448 g/mol. The Morgan fingerprint density at radius 1 is 1.08 bits per heavy atom. The van der Waals surface area contributed by atoms with Gasteiger partial charge in [0.2, 0.25) is 0 Å². The highest BCUT2D eigenvalue weighted by Crippen LogP contribution is 2.30. The van der Waals surface area contributed by atoms with Crippen LogP contribution >= 0.6 is 0 Å². The van der Waals surface area contributed by atoms with Crippen molar-refractivity contribution in [1.82, 2.24) is 9.78 Å². The van der Waals surface area contributed by atoms with E-state index in [9.17, 15) is 10.1 Å². The maximum Gasteiger partial charge on any atom is 0.266 e. The van der Waals surface area contributed by atoms with Gasteiger partial charge in [-0.15, -0.1) is 0 Å². The van der Waals surface area contributed by atoms with Crippen LogP contribution in [0.15, 0.2) is 84.6 Å². The highest BCUT2D eigenvalue weighted by atomic mass is 16.5. The first-order valence-electron chi connectivity index (χ1n) is 11.9. The van der Waals surface area contributed by atoms with Gasteiger partial charge in [-0.3, -0.25) is 4.79 Å². The van der Waals surface area contributed by atoms with Gasteiger partial charge in [-0.1, -0.05) is 42.8 Å². The zero-order valence-corrected chi connectivity index (χ0v) is 20.7. The van der Waals surface area contributed by atoms with Gasteiger partial charge < -0.3 is 10.1 Å². The number of rotatable bonds is 8. The van der Waals surface area contributed by atoms with E-state index in [1.807, 2.05) is 98.9 Å². The molecule has 1 N–H and O–H groups in total. The number of nitriles is 1. The first-order chi connectivity index (χ1) is 17.5. The van der Waals surface area contributed by atoms with E-state index in [0.717, 1.165) is 34.5 Å². The average Bonchev–Trinajstić information content (AvgIpc) is 3.32. The summed E-state index contributed by atoms with van der Waals surface area (Å²) < 4.78 is 7.58. The second kappa shape index (κ2) is 11.2. The topological polar surface area (TPSA) is 79.9 Å². The van der Waals surface area contributed by atoms with Crippen LogP contribution in [-0.2, 0) is 4.79 Å². The Morgan fingerprint density at radius 2 is 1.83 bits per heavy atom. The highest BCUT2D eigenvalue weighted by Gasteiger charge is 2.16. The highest BCUT2D eigenvalue weighted by molar-refractivity contribution is 6.10. The molecule has 1 aromatic heterocycles. The first-order valence-corrected chi connectivity index (χ1v) is 11.9. The number of benzene rings is 3. The number of hydrogen-bond donors (Lipinski definition) is 1. The number of nitrogens with one attached hydrogen (secondary N) is 1. The van der Waals surface area contributed by atoms with E-state index >= 15 is 0 Å². The zero-order valence-electron chi connectivity index (χ0n) is 20.7. The summed E-state index contributed by atoms with van der Waals surface area (Å²) in [5.41, 5.74) is 5.77. The lowest BCUT2D eigenvalue weighted by molar-refractivity contribution is -0.112. The predicted octanol–water partition coefficient (Wildman–Crippen LogP) is 6.49. The lowest BCUT2D eigenvalue weighted by Crippen LogP contribution is -2.13. The molecule has 36 heavy (non-hydrogen) atoms. The summed E-state index contributed by atoms with van der Waals surface area (Å²) in [5.74, 6) is 0.356. The van der Waals surface area contributed by atoms with Crippen molar-refractivity contribution in [3.63, 3.8) is 0 Å². The SMILES string of the molecule is CCCOc1ccc(-c2nn(-c3ccccc3)cc2C=C(C#N)C(=O)Nc2ccc(C)cc2)cc1C. The molecule has 0 saturated heterocycles. The molecule has 4 aromatic rings. The van der Waals surface area contributed by atoms with Gasteiger partial charge >= 0.3 is 0 Å². The van der Waals surface area contributed by atoms with Crippen LogP contribution in [0.3, 0.4) is 0 Å². The summed E-state index contributed by atoms with van der Waals surface area (Å²) in [6, 6.07) is 25.1. The molecule has 6 nitrogen and oxygen atoms in total. The third kappa shape index (κ3) is 5.70. The number of aryl methyl sites for hydroxylation is 2. The molecule has 3 aromatic carbocycles. The van der Waals surface area contributed by atoms with Crippen molar-refractivity contribution in [3.8, 4) is 28.8 Å². The predicted molar refractivity (Wildman–Crippen MR) is 143 cm³/mol. The fourth-order valence-electron chi connectivity index (χ4n) is 3.74. The van der Waals surface area contributed by atoms with Crippen LogP contribution in [-0.4, -0.2) is 22.3 Å². The molecule has 0 aliphatic heterocycles. The number of hydrogen-bond acceptors (Lipinski definition) is 4. The van der Waals surface area contributed by atoms with Gasteiger partial charge in [0.1, 0.15) is 23.1 Å². The molecule has 0 radical (unpaired) electrons. The Hall–Kier alpha value is -4.63. The largest absolute Gasteiger partial charge is 0.493 e. The van der Waals surface area contributed by atoms with Crippen molar-refractivity contribution < 1.29 is 9.53 Å². The van der Waals surface area contributed by atoms with E-state index in [4.69, 9.17) is 9.84 Å². The van der Waals surface area contributed by atoms with Crippen LogP contribution in [0, 0.1) is 25.2 Å². The number of nitrogens with zero attached hydrogens (tertiary/aromatic N) is 3. The molecule has 1 amide bonds. The fraction of sp³-hybridized carbons (Fsp3) is 0.167. The minimum absolute atomic E-state index is 0.0101. The van der Waals surface area contributed by atoms with Crippen LogP contribution < -0.4 is 10.1 Å². The van der Waals surface area contributed by atoms with Gasteiger partial charge in [0.25, 0.3) is 5.91 Å². The number of anilines is 1. The monoisotopic (exact) mass is 476 g/mol. The molecule has 1 heterocycles. The molecule has 6 heteroatoms. The van der Waals surface area contributed by atoms with E-state index in [1.165, 1.54) is 0 Å². The zero-order chi connectivity index (χ0) is 25.5. The number of ether oxygens (including phenoxy) is 1. The van der Waals surface area contributed by atoms with Crippen LogP contribution in [0.25, 0.3) is 23.0 Å². The summed E-state index contributed by atoms with van der Waals surface area (Å²) in [6.07, 6.45) is 4.35. The molecule has 0 atom stereocenters. The Kier molecular flexibility index (Phi) is 7.62. The van der Waals surface area contributed by atoms with Gasteiger partial charge in [0.05, 0.1) is 12.3 Å². The van der Waals surface area contributed by atoms with Crippen LogP contribution in [0.5, 0.6) is 5.75 Å². The van der Waals surface area contributed by atoms with E-state index in [-0.39, 0.29) is 5.57 Å². The van der Waals surface area contributed by atoms with Gasteiger partial charge in [-0.25, -0.2) is 4.68 Å². The Balaban J connectivity index is 1.74. The van der Waals surface area contributed by atoms with Crippen LogP contribution in [0.2, 0.25) is 0 Å². The Morgan fingerprint density at radius 3 is 2.50 bits per heavy atom. The minimum atomic E-state index is -0.473. The smallest absolute Gasteiger partial charge is 0.266 e. The van der Waals surface area contributed by atoms with Gasteiger partial charge in [0.15, 0.2) is 0 Å². The van der Waals surface area contributed by atoms with Crippen LogP contribution in [0.1, 0.15) is 30.0 Å². The summed E-state index contributed by atoms with van der Waals surface area (Å²) in [5, 5.41) is 17.4. The molecule has 0 unspecified atom stereocenters. The van der Waals surface area contributed by atoms with Gasteiger partial charge in [0, 0.05) is 23.0 Å². The molecule has 180 valence electrons. The molecular formula is C30H28N4O2. The summed E-state index contributed by atoms with van der Waals surface area (Å²) >= 11 is 0. The third-order valence-electron chi connectivity index (χ3n) is 5.65. The van der Waals surface area contributed by atoms with Crippen molar-refractivity contribution in [2.45, 2.75) is 27.2 Å². The molecule has 0 fully saturated rings. The number of para-hydroxylation sites is 1. The fourth-order valence-corrected chi connectivity index (χ4v) is 3.74. The van der Waals surface area contributed by atoms with Crippen LogP contribution in [0.4, 0.5) is 5.69 Å². The lowest BCUT2D eigenvalue weighted by Gasteiger charge is -2.09. The minimum Gasteiger partial charge on any atom is -0.493 e. The molecule has 0 aliphatic carbocycles. The Labute approximate surface area is 211 Å². The normalized spacial score (nSPS) is 11.1. The Bertz CT molecular complexity index is 1430. The van der Waals surface area contributed by atoms with Crippen molar-refractivity contribution in [2.24, 2.45) is 0 Å². The molecule has 0 saturated carbocycles. The first kappa shape index (κ1) is 24.5. The molecule has 0 aliphatic rings. The maximum absolute atomic E-state index is 12.9. The van der Waals surface area contributed by atoms with Crippen molar-refractivity contribution in [2.75, 3.05) is 11.9 Å². The van der Waals surface area contributed by atoms with Gasteiger partial charge in [-0.05, 0) is 74.4 Å². The quantitative estimate of drug-likeness (QED) is 0.233. The summed E-state index contributed by atoms with van der Waals surface area (Å²) in [4.78, 5) is 12.9. The van der Waals surface area contributed by atoms with E-state index < -0.39 is 5.91 Å². The van der Waals surface area contributed by atoms with Crippen molar-refractivity contribution >= 4 is 17.7 Å². The van der Waals surface area contributed by atoms with E-state index in [1.54, 1.807) is 10.8 Å². The third-order valence-corrected chi connectivity index (χ3v) is 5.65. The van der Waals surface area contributed by atoms with E-state index in [2.05, 4.69) is 12.2 Å². The summed E-state index contributed by atoms with van der Waals surface area (Å²) in [6.45, 7) is 6.69. The number of carbonyl (C=O) groups is 1. The maximum atomic E-state index is 12.9. The molecule has 4 rings (SSSR count). The number of carbonyl (C=O) groups excluding carboxylic acids is 1.